The van der Waals surface area contributed by atoms with E-state index in [9.17, 15) is 9.18 Å². The molecule has 198 valence electrons. The van der Waals surface area contributed by atoms with Gasteiger partial charge in [-0.1, -0.05) is 5.92 Å². The Hall–Kier alpha value is -4.01. The molecule has 0 saturated carbocycles. The van der Waals surface area contributed by atoms with Gasteiger partial charge < -0.3 is 19.5 Å². The Morgan fingerprint density at radius 3 is 2.76 bits per heavy atom. The Labute approximate surface area is 223 Å². The topological polar surface area (TPSA) is 100 Å². The molecule has 0 atom stereocenters. The first-order chi connectivity index (χ1) is 18.2. The van der Waals surface area contributed by atoms with Gasteiger partial charge in [-0.2, -0.15) is 5.10 Å². The highest BCUT2D eigenvalue weighted by atomic mass is 32.1. The summed E-state index contributed by atoms with van der Waals surface area (Å²) in [6, 6.07) is 6.24. The second kappa shape index (κ2) is 12.0. The number of benzene rings is 1. The fourth-order valence-corrected chi connectivity index (χ4v) is 4.32. The molecule has 0 radical (unpaired) electrons. The maximum absolute atomic E-state index is 14.1. The van der Waals surface area contributed by atoms with Crippen molar-refractivity contribution in [3.63, 3.8) is 0 Å². The smallest absolute Gasteiger partial charge is 0.407 e. The van der Waals surface area contributed by atoms with E-state index in [1.54, 1.807) is 37.7 Å². The number of thiophene rings is 1. The third-order valence-electron chi connectivity index (χ3n) is 5.01. The molecule has 0 aliphatic carbocycles. The van der Waals surface area contributed by atoms with Crippen molar-refractivity contribution in [3.8, 4) is 28.8 Å². The maximum atomic E-state index is 14.1. The first kappa shape index (κ1) is 27.0. The average molecular weight is 538 g/mol. The minimum absolute atomic E-state index is 0.179. The molecule has 0 unspecified atom stereocenters. The highest BCUT2D eigenvalue weighted by Crippen LogP contribution is 2.37. The van der Waals surface area contributed by atoms with Crippen LogP contribution in [-0.2, 0) is 16.5 Å². The van der Waals surface area contributed by atoms with Crippen LogP contribution in [0.5, 0.6) is 5.75 Å². The van der Waals surface area contributed by atoms with Gasteiger partial charge in [0.25, 0.3) is 0 Å². The van der Waals surface area contributed by atoms with Gasteiger partial charge in [-0.25, -0.2) is 9.18 Å². The Morgan fingerprint density at radius 1 is 1.16 bits per heavy atom. The molecule has 0 saturated heterocycles. The van der Waals surface area contributed by atoms with E-state index in [1.807, 2.05) is 24.7 Å². The number of hydrogen-bond acceptors (Lipinski definition) is 8. The number of aryl methyl sites for hydroxylation is 1. The Kier molecular flexibility index (Phi) is 8.55. The van der Waals surface area contributed by atoms with E-state index in [2.05, 4.69) is 32.5 Å². The standard InChI is InChI=1S/C27H28FN5O4S/c1-27(2,3)37-26(34)29-10-11-35-12-13-36-23-15-19(28)6-7-21(23)24-25-20(9-14-38-25)22(31-32-24)8-5-18-16-30-33(4)17-18/h6-7,9,14-17H,10-13H2,1-4H3,(H,29,34). The maximum Gasteiger partial charge on any atom is 0.407 e. The number of ether oxygens (including phenoxy) is 3. The van der Waals surface area contributed by atoms with Crippen LogP contribution in [0.25, 0.3) is 21.3 Å². The molecule has 11 heteroatoms. The molecular weight excluding hydrogens is 509 g/mol. The molecule has 38 heavy (non-hydrogen) atoms. The van der Waals surface area contributed by atoms with Crippen LogP contribution in [0, 0.1) is 17.7 Å². The van der Waals surface area contributed by atoms with Crippen LogP contribution < -0.4 is 10.1 Å². The van der Waals surface area contributed by atoms with Gasteiger partial charge in [-0.15, -0.1) is 21.5 Å². The number of halogens is 1. The van der Waals surface area contributed by atoms with E-state index < -0.39 is 17.5 Å². The Balaban J connectivity index is 1.41. The predicted octanol–water partition coefficient (Wildman–Crippen LogP) is 4.55. The molecule has 0 fully saturated rings. The number of carbonyl (C=O) groups excluding carboxylic acids is 1. The summed E-state index contributed by atoms with van der Waals surface area (Å²) in [5.74, 6) is 6.03. The lowest BCUT2D eigenvalue weighted by atomic mass is 10.1. The van der Waals surface area contributed by atoms with Crippen LogP contribution in [0.15, 0.2) is 42.0 Å². The van der Waals surface area contributed by atoms with Gasteiger partial charge in [0.1, 0.15) is 35.2 Å². The zero-order chi connectivity index (χ0) is 27.1. The van der Waals surface area contributed by atoms with Crippen molar-refractivity contribution in [3.05, 3.63) is 59.1 Å². The van der Waals surface area contributed by atoms with Crippen molar-refractivity contribution >= 4 is 27.5 Å². The fraction of sp³-hybridized carbons (Fsp3) is 0.333. The van der Waals surface area contributed by atoms with Gasteiger partial charge in [-0.3, -0.25) is 4.68 Å². The number of nitrogens with one attached hydrogen (secondary N) is 1. The van der Waals surface area contributed by atoms with E-state index in [4.69, 9.17) is 14.2 Å². The van der Waals surface area contributed by atoms with E-state index in [1.165, 1.54) is 23.5 Å². The zero-order valence-corrected chi connectivity index (χ0v) is 22.4. The molecule has 0 aliphatic heterocycles. The van der Waals surface area contributed by atoms with Gasteiger partial charge in [0.15, 0.2) is 0 Å². The quantitative estimate of drug-likeness (QED) is 0.260. The molecule has 4 rings (SSSR count). The van der Waals surface area contributed by atoms with Crippen molar-refractivity contribution in [2.24, 2.45) is 7.05 Å². The minimum Gasteiger partial charge on any atom is -0.490 e. The van der Waals surface area contributed by atoms with Crippen LogP contribution in [0.4, 0.5) is 9.18 Å². The number of aromatic nitrogens is 4. The van der Waals surface area contributed by atoms with Gasteiger partial charge in [0.2, 0.25) is 0 Å². The summed E-state index contributed by atoms with van der Waals surface area (Å²) in [6.45, 7) is 6.38. The molecule has 1 amide bonds. The summed E-state index contributed by atoms with van der Waals surface area (Å²) < 4.78 is 33.2. The molecule has 9 nitrogen and oxygen atoms in total. The Bertz CT molecular complexity index is 1480. The van der Waals surface area contributed by atoms with E-state index in [-0.39, 0.29) is 19.8 Å². The van der Waals surface area contributed by atoms with Crippen molar-refractivity contribution in [2.45, 2.75) is 26.4 Å². The zero-order valence-electron chi connectivity index (χ0n) is 21.6. The molecule has 0 aliphatic rings. The third-order valence-corrected chi connectivity index (χ3v) is 5.94. The number of amides is 1. The third kappa shape index (κ3) is 7.27. The molecule has 3 aromatic heterocycles. The second-order valence-electron chi connectivity index (χ2n) is 9.24. The van der Waals surface area contributed by atoms with Gasteiger partial charge in [-0.05, 0) is 50.3 Å². The SMILES string of the molecule is Cn1cc(C#Cc2nnc(-c3ccc(F)cc3OCCOCCNC(=O)OC(C)(C)C)c3sccc23)cn1. The van der Waals surface area contributed by atoms with Gasteiger partial charge in [0, 0.05) is 36.8 Å². The van der Waals surface area contributed by atoms with Crippen molar-refractivity contribution in [2.75, 3.05) is 26.4 Å². The summed E-state index contributed by atoms with van der Waals surface area (Å²) in [6.07, 6.45) is 3.00. The molecular formula is C27H28FN5O4S. The molecule has 0 bridgehead atoms. The molecule has 4 aromatic rings. The molecule has 3 heterocycles. The first-order valence-corrected chi connectivity index (χ1v) is 12.8. The summed E-state index contributed by atoms with van der Waals surface area (Å²) in [7, 11) is 1.83. The van der Waals surface area contributed by atoms with Crippen LogP contribution in [0.1, 0.15) is 32.0 Å². The monoisotopic (exact) mass is 537 g/mol. The largest absolute Gasteiger partial charge is 0.490 e. The number of alkyl carbamates (subject to hydrolysis) is 1. The molecule has 0 spiro atoms. The number of carbonyl (C=O) groups is 1. The summed E-state index contributed by atoms with van der Waals surface area (Å²) in [5.41, 5.74) is 1.96. The lowest BCUT2D eigenvalue weighted by Gasteiger charge is -2.19. The lowest BCUT2D eigenvalue weighted by molar-refractivity contribution is 0.0489. The number of hydrogen-bond donors (Lipinski definition) is 1. The van der Waals surface area contributed by atoms with E-state index >= 15 is 0 Å². The van der Waals surface area contributed by atoms with Gasteiger partial charge >= 0.3 is 6.09 Å². The minimum atomic E-state index is -0.561. The highest BCUT2D eigenvalue weighted by molar-refractivity contribution is 7.17. The average Bonchev–Trinajstić information content (AvgIpc) is 3.50. The second-order valence-corrected chi connectivity index (χ2v) is 10.2. The van der Waals surface area contributed by atoms with Crippen LogP contribution in [-0.4, -0.2) is 58.0 Å². The van der Waals surface area contributed by atoms with E-state index in [0.29, 0.717) is 29.2 Å². The fourth-order valence-electron chi connectivity index (χ4n) is 3.43. The number of fused-ring (bicyclic) bond motifs is 1. The Morgan fingerprint density at radius 2 is 2.00 bits per heavy atom. The predicted molar refractivity (Wildman–Crippen MR) is 143 cm³/mol. The molecule has 1 N–H and O–H groups in total. The number of rotatable bonds is 8. The van der Waals surface area contributed by atoms with Crippen LogP contribution >= 0.6 is 11.3 Å². The van der Waals surface area contributed by atoms with Crippen molar-refractivity contribution in [1.82, 2.24) is 25.3 Å². The number of nitrogens with zero attached hydrogens (tertiary/aromatic N) is 4. The summed E-state index contributed by atoms with van der Waals surface area (Å²) >= 11 is 1.50. The lowest BCUT2D eigenvalue weighted by Crippen LogP contribution is -2.34. The summed E-state index contributed by atoms with van der Waals surface area (Å²) in [5, 5.41) is 18.3. The van der Waals surface area contributed by atoms with Crippen LogP contribution in [0.2, 0.25) is 0 Å². The van der Waals surface area contributed by atoms with Crippen molar-refractivity contribution in [1.29, 1.82) is 0 Å². The van der Waals surface area contributed by atoms with Crippen LogP contribution in [0.3, 0.4) is 0 Å². The normalized spacial score (nSPS) is 11.2. The van der Waals surface area contributed by atoms with Crippen molar-refractivity contribution < 1.29 is 23.4 Å². The van der Waals surface area contributed by atoms with E-state index in [0.717, 1.165) is 15.6 Å². The first-order valence-electron chi connectivity index (χ1n) is 11.9. The highest BCUT2D eigenvalue weighted by Gasteiger charge is 2.17. The summed E-state index contributed by atoms with van der Waals surface area (Å²) in [4.78, 5) is 11.7. The van der Waals surface area contributed by atoms with Gasteiger partial charge in [0.05, 0.1) is 29.7 Å². The molecule has 1 aromatic carbocycles.